The van der Waals surface area contributed by atoms with E-state index in [9.17, 15) is 9.59 Å². The quantitative estimate of drug-likeness (QED) is 0.607. The van der Waals surface area contributed by atoms with Crippen LogP contribution in [0.4, 0.5) is 0 Å². The third-order valence-corrected chi connectivity index (χ3v) is 5.44. The first-order chi connectivity index (χ1) is 12.9. The summed E-state index contributed by atoms with van der Waals surface area (Å²) >= 11 is 0. The van der Waals surface area contributed by atoms with E-state index in [0.717, 1.165) is 16.7 Å². The number of carbonyl (C=O) groups excluding carboxylic acids is 1. The summed E-state index contributed by atoms with van der Waals surface area (Å²) in [5, 5.41) is 0. The van der Waals surface area contributed by atoms with Gasteiger partial charge in [0.1, 0.15) is 0 Å². The molecular formula is C25H22O2. The van der Waals surface area contributed by atoms with Crippen molar-refractivity contribution in [2.45, 2.75) is 33.6 Å². The van der Waals surface area contributed by atoms with E-state index >= 15 is 0 Å². The van der Waals surface area contributed by atoms with Gasteiger partial charge in [-0.1, -0.05) is 50.2 Å². The van der Waals surface area contributed by atoms with Crippen molar-refractivity contribution >= 4 is 11.4 Å². The number of carbonyl (C=O) groups is 1. The zero-order chi connectivity index (χ0) is 19.3. The van der Waals surface area contributed by atoms with Gasteiger partial charge in [0, 0.05) is 5.56 Å². The monoisotopic (exact) mass is 354 g/mol. The molecule has 2 nitrogen and oxygen atoms in total. The van der Waals surface area contributed by atoms with E-state index < -0.39 is 0 Å². The number of allylic oxidation sites excluding steroid dienone is 1. The second-order valence-corrected chi connectivity index (χ2v) is 7.67. The molecule has 0 saturated heterocycles. The lowest BCUT2D eigenvalue weighted by molar-refractivity contribution is 0.105. The van der Waals surface area contributed by atoms with Gasteiger partial charge in [-0.15, -0.1) is 0 Å². The Balaban J connectivity index is 2.00. The molecule has 0 unspecified atom stereocenters. The van der Waals surface area contributed by atoms with Crippen LogP contribution in [0, 0.1) is 13.8 Å². The van der Waals surface area contributed by atoms with Crippen LogP contribution < -0.4 is 5.43 Å². The Bertz CT molecular complexity index is 1150. The Kier molecular flexibility index (Phi) is 4.07. The van der Waals surface area contributed by atoms with E-state index in [4.69, 9.17) is 0 Å². The number of hydrogen-bond acceptors (Lipinski definition) is 2. The molecule has 0 aromatic heterocycles. The molecule has 0 heterocycles. The molecule has 2 heteroatoms. The van der Waals surface area contributed by atoms with Crippen molar-refractivity contribution < 1.29 is 4.79 Å². The number of hydrogen-bond donors (Lipinski definition) is 0. The summed E-state index contributed by atoms with van der Waals surface area (Å²) in [4.78, 5) is 24.4. The highest BCUT2D eigenvalue weighted by Crippen LogP contribution is 2.43. The highest BCUT2D eigenvalue weighted by atomic mass is 16.1. The summed E-state index contributed by atoms with van der Waals surface area (Å²) in [6.45, 7) is 8.64. The van der Waals surface area contributed by atoms with E-state index in [1.165, 1.54) is 39.9 Å². The van der Waals surface area contributed by atoms with Gasteiger partial charge in [-0.05, 0) is 82.5 Å². The van der Waals surface area contributed by atoms with E-state index in [1.54, 1.807) is 12.1 Å². The fraction of sp³-hybridized carbons (Fsp3) is 0.200. The molecule has 0 fully saturated rings. The van der Waals surface area contributed by atoms with Gasteiger partial charge in [0.2, 0.25) is 0 Å². The summed E-state index contributed by atoms with van der Waals surface area (Å²) in [6, 6.07) is 15.3. The number of ketones is 1. The Morgan fingerprint density at radius 1 is 0.741 bits per heavy atom. The Hall–Kier alpha value is -3.00. The molecule has 0 amide bonds. The van der Waals surface area contributed by atoms with Gasteiger partial charge in [-0.25, -0.2) is 0 Å². The molecule has 134 valence electrons. The van der Waals surface area contributed by atoms with Gasteiger partial charge in [0.15, 0.2) is 11.2 Å². The van der Waals surface area contributed by atoms with Crippen molar-refractivity contribution in [2.75, 3.05) is 0 Å². The van der Waals surface area contributed by atoms with Gasteiger partial charge in [0.05, 0.1) is 0 Å². The minimum Gasteiger partial charge on any atom is -0.290 e. The fourth-order valence-corrected chi connectivity index (χ4v) is 3.96. The Morgan fingerprint density at radius 2 is 1.52 bits per heavy atom. The molecule has 0 bridgehead atoms. The molecule has 1 aromatic rings. The lowest BCUT2D eigenvalue weighted by Gasteiger charge is -2.08. The van der Waals surface area contributed by atoms with Crippen LogP contribution >= 0.6 is 0 Å². The Labute approximate surface area is 159 Å². The van der Waals surface area contributed by atoms with Crippen LogP contribution in [0.1, 0.15) is 57.9 Å². The van der Waals surface area contributed by atoms with Crippen molar-refractivity contribution in [2.24, 2.45) is 0 Å². The summed E-state index contributed by atoms with van der Waals surface area (Å²) in [6.07, 6.45) is 1.67. The lowest BCUT2D eigenvalue weighted by atomic mass is 9.95. The van der Waals surface area contributed by atoms with Crippen LogP contribution in [-0.4, -0.2) is 5.78 Å². The van der Waals surface area contributed by atoms with Gasteiger partial charge in [0.25, 0.3) is 0 Å². The fourth-order valence-electron chi connectivity index (χ4n) is 3.96. The smallest absolute Gasteiger partial charge is 0.187 e. The second kappa shape index (κ2) is 6.31. The van der Waals surface area contributed by atoms with Gasteiger partial charge < -0.3 is 0 Å². The largest absolute Gasteiger partial charge is 0.290 e. The molecule has 0 radical (unpaired) electrons. The van der Waals surface area contributed by atoms with Crippen LogP contribution in [0.15, 0.2) is 59.4 Å². The summed E-state index contributed by atoms with van der Waals surface area (Å²) in [5.74, 6) is 0.349. The minimum absolute atomic E-state index is 0.0962. The summed E-state index contributed by atoms with van der Waals surface area (Å²) < 4.78 is 0. The molecule has 0 aliphatic heterocycles. The molecule has 0 N–H and O–H groups in total. The summed E-state index contributed by atoms with van der Waals surface area (Å²) in [7, 11) is 0. The third kappa shape index (κ3) is 2.82. The first kappa shape index (κ1) is 17.4. The molecule has 4 rings (SSSR count). The predicted molar refractivity (Wildman–Crippen MR) is 111 cm³/mol. The van der Waals surface area contributed by atoms with Crippen molar-refractivity contribution in [3.63, 3.8) is 0 Å². The molecule has 1 aromatic carbocycles. The van der Waals surface area contributed by atoms with Crippen LogP contribution in [-0.2, 0) is 0 Å². The molecular weight excluding hydrogens is 332 g/mol. The molecule has 3 aliphatic carbocycles. The zero-order valence-electron chi connectivity index (χ0n) is 16.1. The average molecular weight is 354 g/mol. The topological polar surface area (TPSA) is 34.1 Å². The maximum absolute atomic E-state index is 12.6. The zero-order valence-corrected chi connectivity index (χ0v) is 16.1. The van der Waals surface area contributed by atoms with E-state index in [1.807, 2.05) is 6.07 Å². The van der Waals surface area contributed by atoms with Crippen molar-refractivity contribution in [1.82, 2.24) is 0 Å². The van der Waals surface area contributed by atoms with E-state index in [2.05, 4.69) is 52.0 Å². The Morgan fingerprint density at radius 3 is 2.26 bits per heavy atom. The van der Waals surface area contributed by atoms with Gasteiger partial charge in [-0.2, -0.15) is 0 Å². The minimum atomic E-state index is -0.146. The molecule has 0 spiro atoms. The number of aryl methyl sites for hydroxylation is 2. The molecule has 3 aliphatic rings. The van der Waals surface area contributed by atoms with Crippen molar-refractivity contribution in [3.8, 4) is 11.1 Å². The van der Waals surface area contributed by atoms with Crippen LogP contribution in [0.5, 0.6) is 0 Å². The maximum atomic E-state index is 12.6. The maximum Gasteiger partial charge on any atom is 0.187 e. The molecule has 0 atom stereocenters. The standard InChI is InChI=1S/C25H22O2/c1-14(2)17-9-8-15(3)25-20(11-17)16(4)10-23(25)21-13-24(27)22-12-18(26)6-5-7-19(21)22/h5-14H,1-4H3. The highest BCUT2D eigenvalue weighted by Gasteiger charge is 2.26. The van der Waals surface area contributed by atoms with Crippen LogP contribution in [0.25, 0.3) is 16.7 Å². The van der Waals surface area contributed by atoms with Gasteiger partial charge in [-0.3, -0.25) is 9.59 Å². The van der Waals surface area contributed by atoms with E-state index in [-0.39, 0.29) is 11.2 Å². The van der Waals surface area contributed by atoms with Crippen LogP contribution in [0.3, 0.4) is 0 Å². The van der Waals surface area contributed by atoms with Crippen molar-refractivity contribution in [1.29, 1.82) is 0 Å². The number of fused-ring (bicyclic) bond motifs is 2. The summed E-state index contributed by atoms with van der Waals surface area (Å²) in [5.41, 5.74) is 9.25. The predicted octanol–water partition coefficient (Wildman–Crippen LogP) is 5.52. The second-order valence-electron chi connectivity index (χ2n) is 7.67. The first-order valence-corrected chi connectivity index (χ1v) is 9.32. The normalized spacial score (nSPS) is 13.2. The molecule has 0 saturated carbocycles. The molecule has 27 heavy (non-hydrogen) atoms. The third-order valence-electron chi connectivity index (χ3n) is 5.44. The average Bonchev–Trinajstić information content (AvgIpc) is 2.91. The lowest BCUT2D eigenvalue weighted by Crippen LogP contribution is -1.97. The SMILES string of the molecule is Cc1cc(C2=CC(=O)c3cc(=O)cccc32)c2c(C)ccc(C(C)C)cc1-2. The number of rotatable bonds is 2. The van der Waals surface area contributed by atoms with Crippen LogP contribution in [0.2, 0.25) is 0 Å². The first-order valence-electron chi connectivity index (χ1n) is 9.32. The van der Waals surface area contributed by atoms with Gasteiger partial charge >= 0.3 is 0 Å². The van der Waals surface area contributed by atoms with Crippen molar-refractivity contribution in [3.05, 3.63) is 98.2 Å². The van der Waals surface area contributed by atoms with E-state index in [0.29, 0.717) is 11.5 Å². The highest BCUT2D eigenvalue weighted by molar-refractivity contribution is 6.19.